The molecule has 0 atom stereocenters. The van der Waals surface area contributed by atoms with E-state index in [1.807, 2.05) is 90.0 Å². The second-order valence-electron chi connectivity index (χ2n) is 10.2. The van der Waals surface area contributed by atoms with Crippen LogP contribution in [0.5, 0.6) is 5.88 Å². The van der Waals surface area contributed by atoms with E-state index in [1.54, 1.807) is 19.5 Å². The number of carboxylic acid groups (broad SMARTS) is 1. The molecule has 0 aliphatic rings. The fourth-order valence-electron chi connectivity index (χ4n) is 5.67. The number of fused-ring (bicyclic) bond motifs is 1. The van der Waals surface area contributed by atoms with Crippen molar-refractivity contribution in [3.8, 4) is 17.1 Å². The lowest BCUT2D eigenvalue weighted by molar-refractivity contribution is 0.0697. The lowest BCUT2D eigenvalue weighted by Crippen LogP contribution is -2.38. The number of hydrogen-bond acceptors (Lipinski definition) is 4. The minimum atomic E-state index is -1.02. The van der Waals surface area contributed by atoms with Crippen molar-refractivity contribution in [3.05, 3.63) is 138 Å². The molecule has 0 aliphatic carbocycles. The van der Waals surface area contributed by atoms with Crippen molar-refractivity contribution in [2.24, 2.45) is 0 Å². The highest BCUT2D eigenvalue weighted by Crippen LogP contribution is 2.45. The zero-order valence-corrected chi connectivity index (χ0v) is 23.1. The summed E-state index contributed by atoms with van der Waals surface area (Å²) in [6, 6.07) is 32.7. The zero-order valence-electron chi connectivity index (χ0n) is 23.1. The van der Waals surface area contributed by atoms with Crippen molar-refractivity contribution in [1.82, 2.24) is 19.3 Å². The van der Waals surface area contributed by atoms with Gasteiger partial charge in [0.2, 0.25) is 5.88 Å². The largest absolute Gasteiger partial charge is 0.480 e. The molecule has 0 bridgehead atoms. The molecule has 3 heterocycles. The molecule has 7 heteroatoms. The number of carbonyl (C=O) groups is 1. The van der Waals surface area contributed by atoms with Gasteiger partial charge in [-0.25, -0.2) is 14.5 Å². The van der Waals surface area contributed by atoms with Gasteiger partial charge in [-0.3, -0.25) is 0 Å². The monoisotopic (exact) mass is 542 g/mol. The Bertz CT molecular complexity index is 1730. The Morgan fingerprint density at radius 2 is 1.37 bits per heavy atom. The number of hydrogen-bond donors (Lipinski definition) is 1. The highest BCUT2D eigenvalue weighted by molar-refractivity contribution is 6.03. The summed E-state index contributed by atoms with van der Waals surface area (Å²) >= 11 is 0. The van der Waals surface area contributed by atoms with E-state index in [0.717, 1.165) is 22.2 Å². The molecular formula is C34H30N4O3. The van der Waals surface area contributed by atoms with Gasteiger partial charge in [0.25, 0.3) is 0 Å². The summed E-state index contributed by atoms with van der Waals surface area (Å²) in [6.07, 6.45) is 5.21. The summed E-state index contributed by atoms with van der Waals surface area (Å²) < 4.78 is 9.66. The molecule has 6 aromatic rings. The van der Waals surface area contributed by atoms with Crippen LogP contribution in [0, 0.1) is 0 Å². The van der Waals surface area contributed by atoms with Gasteiger partial charge in [0.05, 0.1) is 23.6 Å². The first kappa shape index (κ1) is 26.1. The van der Waals surface area contributed by atoms with Gasteiger partial charge >= 0.3 is 5.97 Å². The highest BCUT2D eigenvalue weighted by Gasteiger charge is 2.41. The zero-order chi connectivity index (χ0) is 28.6. The number of aromatic carboxylic acids is 1. The standard InChI is InChI=1S/C34H30N4O3/c1-23(2)37-21-27(28(22-37)33(39)40)31-30-29(19-20-35-32(30)41-3)38(36-31)34(24-13-7-4-8-14-24,25-15-9-5-10-16-25)26-17-11-6-12-18-26/h4-23H,1-3H3,(H,39,40). The number of rotatable bonds is 8. The van der Waals surface area contributed by atoms with Crippen molar-refractivity contribution >= 4 is 16.9 Å². The maximum absolute atomic E-state index is 12.5. The number of carboxylic acids is 1. The molecule has 0 fully saturated rings. The molecule has 3 aromatic carbocycles. The van der Waals surface area contributed by atoms with E-state index < -0.39 is 11.5 Å². The minimum absolute atomic E-state index is 0.0623. The van der Waals surface area contributed by atoms with Crippen LogP contribution in [0.25, 0.3) is 22.2 Å². The Kier molecular flexibility index (Phi) is 6.63. The Morgan fingerprint density at radius 1 is 0.829 bits per heavy atom. The Morgan fingerprint density at radius 3 is 1.83 bits per heavy atom. The molecular weight excluding hydrogens is 512 g/mol. The van der Waals surface area contributed by atoms with Gasteiger partial charge < -0.3 is 14.4 Å². The van der Waals surface area contributed by atoms with Gasteiger partial charge in [0, 0.05) is 30.2 Å². The van der Waals surface area contributed by atoms with Crippen LogP contribution in [0.2, 0.25) is 0 Å². The summed E-state index contributed by atoms with van der Waals surface area (Å²) in [7, 11) is 1.57. The molecule has 0 radical (unpaired) electrons. The van der Waals surface area contributed by atoms with E-state index in [4.69, 9.17) is 9.84 Å². The van der Waals surface area contributed by atoms with Gasteiger partial charge in [0.1, 0.15) is 11.2 Å². The third-order valence-electron chi connectivity index (χ3n) is 7.57. The van der Waals surface area contributed by atoms with Crippen LogP contribution in [-0.2, 0) is 5.54 Å². The van der Waals surface area contributed by atoms with Crippen LogP contribution in [0.3, 0.4) is 0 Å². The van der Waals surface area contributed by atoms with Gasteiger partial charge in [-0.15, -0.1) is 0 Å². The fraction of sp³-hybridized carbons (Fsp3) is 0.147. The second kappa shape index (κ2) is 10.4. The van der Waals surface area contributed by atoms with E-state index >= 15 is 0 Å². The number of nitrogens with zero attached hydrogens (tertiary/aromatic N) is 4. The molecule has 0 saturated carbocycles. The third kappa shape index (κ3) is 4.17. The predicted octanol–water partition coefficient (Wildman–Crippen LogP) is 7.03. The number of methoxy groups -OCH3 is 1. The van der Waals surface area contributed by atoms with E-state index in [9.17, 15) is 9.90 Å². The van der Waals surface area contributed by atoms with Crippen molar-refractivity contribution in [3.63, 3.8) is 0 Å². The summed E-state index contributed by atoms with van der Waals surface area (Å²) in [6.45, 7) is 4.03. The topological polar surface area (TPSA) is 82.2 Å². The average molecular weight is 543 g/mol. The third-order valence-corrected chi connectivity index (χ3v) is 7.57. The predicted molar refractivity (Wildman–Crippen MR) is 159 cm³/mol. The molecule has 6 rings (SSSR count). The number of pyridine rings is 1. The average Bonchev–Trinajstić information content (AvgIpc) is 3.63. The van der Waals surface area contributed by atoms with Crippen LogP contribution < -0.4 is 4.74 Å². The van der Waals surface area contributed by atoms with Crippen molar-refractivity contribution in [1.29, 1.82) is 0 Å². The van der Waals surface area contributed by atoms with Gasteiger partial charge in [0.15, 0.2) is 0 Å². The Hall–Kier alpha value is -5.17. The minimum Gasteiger partial charge on any atom is -0.480 e. The summed E-state index contributed by atoms with van der Waals surface area (Å²) in [5.41, 5.74) is 4.03. The molecule has 1 N–H and O–H groups in total. The molecule has 0 spiro atoms. The maximum Gasteiger partial charge on any atom is 0.337 e. The Balaban J connectivity index is 1.81. The first-order valence-electron chi connectivity index (χ1n) is 13.5. The first-order chi connectivity index (χ1) is 20.0. The lowest BCUT2D eigenvalue weighted by Gasteiger charge is -2.37. The normalized spacial score (nSPS) is 11.7. The van der Waals surface area contributed by atoms with E-state index in [-0.39, 0.29) is 11.6 Å². The smallest absolute Gasteiger partial charge is 0.337 e. The fourth-order valence-corrected chi connectivity index (χ4v) is 5.67. The van der Waals surface area contributed by atoms with Gasteiger partial charge in [-0.05, 0) is 36.6 Å². The summed E-state index contributed by atoms with van der Waals surface area (Å²) in [5, 5.41) is 16.2. The van der Waals surface area contributed by atoms with Crippen LogP contribution in [0.15, 0.2) is 116 Å². The van der Waals surface area contributed by atoms with E-state index in [1.165, 1.54) is 0 Å². The number of ether oxygens (including phenoxy) is 1. The molecule has 0 unspecified atom stereocenters. The molecule has 41 heavy (non-hydrogen) atoms. The molecule has 204 valence electrons. The van der Waals surface area contributed by atoms with Gasteiger partial charge in [-0.2, -0.15) is 5.10 Å². The maximum atomic E-state index is 12.5. The van der Waals surface area contributed by atoms with Crippen LogP contribution in [0.1, 0.15) is 46.9 Å². The Labute approximate surface area is 238 Å². The van der Waals surface area contributed by atoms with Crippen molar-refractivity contribution in [2.75, 3.05) is 7.11 Å². The summed E-state index contributed by atoms with van der Waals surface area (Å²) in [4.78, 5) is 17.0. The van der Waals surface area contributed by atoms with Crippen LogP contribution >= 0.6 is 0 Å². The van der Waals surface area contributed by atoms with Crippen LogP contribution in [-0.4, -0.2) is 37.5 Å². The molecule has 0 saturated heterocycles. The first-order valence-corrected chi connectivity index (χ1v) is 13.5. The molecule has 0 amide bonds. The second-order valence-corrected chi connectivity index (χ2v) is 10.2. The summed E-state index contributed by atoms with van der Waals surface area (Å²) in [5.74, 6) is -0.647. The number of benzene rings is 3. The number of aromatic nitrogens is 4. The van der Waals surface area contributed by atoms with E-state index in [0.29, 0.717) is 22.5 Å². The molecule has 7 nitrogen and oxygen atoms in total. The van der Waals surface area contributed by atoms with Gasteiger partial charge in [-0.1, -0.05) is 91.0 Å². The molecule has 0 aliphatic heterocycles. The van der Waals surface area contributed by atoms with Crippen molar-refractivity contribution in [2.45, 2.75) is 25.4 Å². The quantitative estimate of drug-likeness (QED) is 0.209. The van der Waals surface area contributed by atoms with Crippen LogP contribution in [0.4, 0.5) is 0 Å². The molecule has 3 aromatic heterocycles. The highest BCUT2D eigenvalue weighted by atomic mass is 16.5. The SMILES string of the molecule is COc1nccc2c1c(-c1cn(C(C)C)cc1C(=O)O)nn2C(c1ccccc1)(c1ccccc1)c1ccccc1. The lowest BCUT2D eigenvalue weighted by atomic mass is 9.77. The van der Waals surface area contributed by atoms with Crippen molar-refractivity contribution < 1.29 is 14.6 Å². The van der Waals surface area contributed by atoms with E-state index in [2.05, 4.69) is 41.4 Å².